The predicted molar refractivity (Wildman–Crippen MR) is 74.2 cm³/mol. The van der Waals surface area contributed by atoms with Gasteiger partial charge in [0.2, 0.25) is 5.91 Å². The Morgan fingerprint density at radius 2 is 1.83 bits per heavy atom. The zero-order chi connectivity index (χ0) is 13.1. The molecule has 1 heterocycles. The Morgan fingerprint density at radius 1 is 1.22 bits per heavy atom. The standard InChI is InChI=1S/C15H28N2O/c1-11(2)10-14-15(18)17(12(3)16-14)13-8-6-4-5-7-9-13/h11-14,16H,4-10H2,1-3H3. The van der Waals surface area contributed by atoms with Gasteiger partial charge in [0.05, 0.1) is 12.2 Å². The van der Waals surface area contributed by atoms with Crippen molar-refractivity contribution in [3.63, 3.8) is 0 Å². The first-order valence-corrected chi connectivity index (χ1v) is 7.68. The molecule has 1 N–H and O–H groups in total. The van der Waals surface area contributed by atoms with Crippen molar-refractivity contribution in [3.05, 3.63) is 0 Å². The molecule has 104 valence electrons. The molecule has 0 radical (unpaired) electrons. The smallest absolute Gasteiger partial charge is 0.241 e. The van der Waals surface area contributed by atoms with Crippen molar-refractivity contribution in [2.45, 2.75) is 84.0 Å². The van der Waals surface area contributed by atoms with E-state index in [1.807, 2.05) is 0 Å². The molecule has 1 amide bonds. The van der Waals surface area contributed by atoms with Crippen molar-refractivity contribution in [2.75, 3.05) is 0 Å². The van der Waals surface area contributed by atoms with Gasteiger partial charge in [-0.1, -0.05) is 39.5 Å². The molecule has 0 aromatic rings. The Balaban J connectivity index is 2.01. The Labute approximate surface area is 111 Å². The van der Waals surface area contributed by atoms with Gasteiger partial charge in [0.25, 0.3) is 0 Å². The lowest BCUT2D eigenvalue weighted by Gasteiger charge is -2.30. The molecule has 0 bridgehead atoms. The Kier molecular flexibility index (Phi) is 4.66. The van der Waals surface area contributed by atoms with Crippen molar-refractivity contribution >= 4 is 5.91 Å². The second kappa shape index (κ2) is 6.05. The third kappa shape index (κ3) is 3.05. The summed E-state index contributed by atoms with van der Waals surface area (Å²) in [4.78, 5) is 14.7. The largest absolute Gasteiger partial charge is 0.323 e. The van der Waals surface area contributed by atoms with Crippen LogP contribution in [0.4, 0.5) is 0 Å². The molecule has 2 atom stereocenters. The molecule has 2 unspecified atom stereocenters. The number of nitrogens with one attached hydrogen (secondary N) is 1. The van der Waals surface area contributed by atoms with Gasteiger partial charge in [-0.05, 0) is 32.1 Å². The average molecular weight is 252 g/mol. The summed E-state index contributed by atoms with van der Waals surface area (Å²) in [6, 6.07) is 0.544. The topological polar surface area (TPSA) is 32.3 Å². The van der Waals surface area contributed by atoms with Crippen LogP contribution in [0.25, 0.3) is 0 Å². The molecule has 2 aliphatic rings. The van der Waals surface area contributed by atoms with E-state index in [0.29, 0.717) is 17.9 Å². The molecule has 1 aliphatic carbocycles. The predicted octanol–water partition coefficient (Wildman–Crippen LogP) is 2.90. The van der Waals surface area contributed by atoms with Crippen molar-refractivity contribution in [2.24, 2.45) is 5.92 Å². The van der Waals surface area contributed by atoms with E-state index in [4.69, 9.17) is 0 Å². The summed E-state index contributed by atoms with van der Waals surface area (Å²) >= 11 is 0. The minimum atomic E-state index is 0.0586. The zero-order valence-corrected chi connectivity index (χ0v) is 12.1. The van der Waals surface area contributed by atoms with E-state index in [0.717, 1.165) is 6.42 Å². The van der Waals surface area contributed by atoms with E-state index in [1.165, 1.54) is 38.5 Å². The van der Waals surface area contributed by atoms with Crippen LogP contribution in [0.5, 0.6) is 0 Å². The Morgan fingerprint density at radius 3 is 2.39 bits per heavy atom. The summed E-state index contributed by atoms with van der Waals surface area (Å²) in [6.45, 7) is 6.52. The number of carbonyl (C=O) groups is 1. The molecule has 3 nitrogen and oxygen atoms in total. The fourth-order valence-corrected chi connectivity index (χ4v) is 3.49. The van der Waals surface area contributed by atoms with Gasteiger partial charge in [-0.3, -0.25) is 10.1 Å². The highest BCUT2D eigenvalue weighted by Crippen LogP contribution is 2.27. The van der Waals surface area contributed by atoms with Crippen LogP contribution in [-0.4, -0.2) is 29.1 Å². The van der Waals surface area contributed by atoms with E-state index in [9.17, 15) is 4.79 Å². The van der Waals surface area contributed by atoms with Crippen LogP contribution in [0.1, 0.15) is 65.7 Å². The molecule has 2 fully saturated rings. The third-order valence-corrected chi connectivity index (χ3v) is 4.34. The van der Waals surface area contributed by atoms with Gasteiger partial charge in [0, 0.05) is 6.04 Å². The first kappa shape index (κ1) is 13.9. The summed E-state index contributed by atoms with van der Waals surface area (Å²) in [5, 5.41) is 3.48. The van der Waals surface area contributed by atoms with Crippen LogP contribution in [-0.2, 0) is 4.79 Å². The monoisotopic (exact) mass is 252 g/mol. The van der Waals surface area contributed by atoms with Gasteiger partial charge in [-0.25, -0.2) is 0 Å². The molecule has 18 heavy (non-hydrogen) atoms. The normalized spacial score (nSPS) is 31.1. The number of rotatable bonds is 3. The second-order valence-corrected chi connectivity index (χ2v) is 6.42. The minimum Gasteiger partial charge on any atom is -0.323 e. The summed E-state index contributed by atoms with van der Waals surface area (Å²) in [5.74, 6) is 0.927. The van der Waals surface area contributed by atoms with Crippen molar-refractivity contribution in [1.82, 2.24) is 10.2 Å². The number of nitrogens with zero attached hydrogens (tertiary/aromatic N) is 1. The number of amides is 1. The van der Waals surface area contributed by atoms with Gasteiger partial charge in [-0.15, -0.1) is 0 Å². The SMILES string of the molecule is CC(C)CC1NC(C)N(C2CCCCCC2)C1=O. The molecule has 0 aromatic carbocycles. The van der Waals surface area contributed by atoms with Gasteiger partial charge >= 0.3 is 0 Å². The zero-order valence-electron chi connectivity index (χ0n) is 12.1. The van der Waals surface area contributed by atoms with Crippen molar-refractivity contribution in [1.29, 1.82) is 0 Å². The van der Waals surface area contributed by atoms with E-state index in [2.05, 4.69) is 31.0 Å². The highest BCUT2D eigenvalue weighted by molar-refractivity contribution is 5.84. The second-order valence-electron chi connectivity index (χ2n) is 6.42. The molecule has 1 saturated carbocycles. The molecule has 0 spiro atoms. The Hall–Kier alpha value is -0.570. The van der Waals surface area contributed by atoms with Crippen molar-refractivity contribution in [3.8, 4) is 0 Å². The molecule has 1 saturated heterocycles. The van der Waals surface area contributed by atoms with Crippen molar-refractivity contribution < 1.29 is 4.79 Å². The number of carbonyl (C=O) groups excluding carboxylic acids is 1. The maximum Gasteiger partial charge on any atom is 0.241 e. The van der Waals surface area contributed by atoms with Crippen LogP contribution in [0.2, 0.25) is 0 Å². The maximum absolute atomic E-state index is 12.5. The quantitative estimate of drug-likeness (QED) is 0.783. The molecule has 0 aromatic heterocycles. The van der Waals surface area contributed by atoms with Crippen LogP contribution in [0, 0.1) is 5.92 Å². The minimum absolute atomic E-state index is 0.0586. The fourth-order valence-electron chi connectivity index (χ4n) is 3.49. The lowest BCUT2D eigenvalue weighted by molar-refractivity contribution is -0.132. The average Bonchev–Trinajstić information content (AvgIpc) is 2.53. The van der Waals surface area contributed by atoms with E-state index in [-0.39, 0.29) is 12.2 Å². The van der Waals surface area contributed by atoms with E-state index >= 15 is 0 Å². The molecule has 2 rings (SSSR count). The third-order valence-electron chi connectivity index (χ3n) is 4.34. The van der Waals surface area contributed by atoms with Crippen LogP contribution < -0.4 is 5.32 Å². The molecule has 3 heteroatoms. The van der Waals surface area contributed by atoms with Crippen LogP contribution >= 0.6 is 0 Å². The molecule has 1 aliphatic heterocycles. The highest BCUT2D eigenvalue weighted by Gasteiger charge is 2.40. The summed E-state index contributed by atoms with van der Waals surface area (Å²) in [7, 11) is 0. The summed E-state index contributed by atoms with van der Waals surface area (Å²) < 4.78 is 0. The van der Waals surface area contributed by atoms with E-state index in [1.54, 1.807) is 0 Å². The first-order valence-electron chi connectivity index (χ1n) is 7.68. The van der Waals surface area contributed by atoms with E-state index < -0.39 is 0 Å². The highest BCUT2D eigenvalue weighted by atomic mass is 16.2. The van der Waals surface area contributed by atoms with Gasteiger partial charge in [-0.2, -0.15) is 0 Å². The first-order chi connectivity index (χ1) is 8.59. The maximum atomic E-state index is 12.5. The Bertz CT molecular complexity index is 282. The van der Waals surface area contributed by atoms with Gasteiger partial charge in [0.1, 0.15) is 0 Å². The van der Waals surface area contributed by atoms with Gasteiger partial charge < -0.3 is 4.90 Å². The number of hydrogen-bond donors (Lipinski definition) is 1. The number of hydrogen-bond acceptors (Lipinski definition) is 2. The summed E-state index contributed by atoms with van der Waals surface area (Å²) in [6.07, 6.45) is 8.85. The lowest BCUT2D eigenvalue weighted by atomic mass is 10.0. The molecular weight excluding hydrogens is 224 g/mol. The fraction of sp³-hybridized carbons (Fsp3) is 0.933. The summed E-state index contributed by atoms with van der Waals surface area (Å²) in [5.41, 5.74) is 0. The van der Waals surface area contributed by atoms with Crippen LogP contribution in [0.15, 0.2) is 0 Å². The molecular formula is C15H28N2O. The van der Waals surface area contributed by atoms with Gasteiger partial charge in [0.15, 0.2) is 0 Å². The van der Waals surface area contributed by atoms with Crippen LogP contribution in [0.3, 0.4) is 0 Å². The lowest BCUT2D eigenvalue weighted by Crippen LogP contribution is -2.42.